The predicted octanol–water partition coefficient (Wildman–Crippen LogP) is 6.15. The van der Waals surface area contributed by atoms with Gasteiger partial charge in [0.15, 0.2) is 0 Å². The number of esters is 3. The summed E-state index contributed by atoms with van der Waals surface area (Å²) in [5, 5.41) is 0. The van der Waals surface area contributed by atoms with Crippen molar-refractivity contribution >= 4 is 29.8 Å². The Morgan fingerprint density at radius 2 is 1.12 bits per heavy atom. The first-order valence-electron chi connectivity index (χ1n) is 14.9. The fourth-order valence-corrected chi connectivity index (χ4v) is 3.80. The lowest BCUT2D eigenvalue weighted by Crippen LogP contribution is -2.12. The number of rotatable bonds is 19. The smallest absolute Gasteiger partial charge is 0.378 e. The number of ether oxygens (including phenoxy) is 4. The number of carbonyl (C=O) groups excluding carboxylic acids is 5. The van der Waals surface area contributed by atoms with E-state index in [1.165, 1.54) is 30.3 Å². The maximum atomic E-state index is 12.9. The van der Waals surface area contributed by atoms with Crippen LogP contribution in [0.15, 0.2) is 98.6 Å². The van der Waals surface area contributed by atoms with Gasteiger partial charge in [0, 0.05) is 24.3 Å². The van der Waals surface area contributed by atoms with Crippen molar-refractivity contribution < 1.29 is 62.5 Å². The molecule has 0 fully saturated rings. The molecule has 0 unspecified atom stereocenters. The topological polar surface area (TPSA) is 159 Å². The first-order chi connectivity index (χ1) is 23.6. The number of benzene rings is 3. The summed E-state index contributed by atoms with van der Waals surface area (Å²) < 4.78 is 21.6. The molecule has 0 aliphatic heterocycles. The predicted molar refractivity (Wildman–Crippen MR) is 173 cm³/mol. The Balaban J connectivity index is 1.53. The highest BCUT2D eigenvalue weighted by atomic mass is 17.2. The molecule has 0 saturated carbocycles. The molecule has 13 heteroatoms. The van der Waals surface area contributed by atoms with Crippen molar-refractivity contribution in [1.29, 1.82) is 0 Å². The van der Waals surface area contributed by atoms with Crippen LogP contribution in [0.25, 0.3) is 0 Å². The van der Waals surface area contributed by atoms with Crippen LogP contribution in [0, 0.1) is 6.92 Å². The third-order valence-corrected chi connectivity index (χ3v) is 6.31. The Bertz CT molecular complexity index is 1670. The molecule has 0 aliphatic carbocycles. The van der Waals surface area contributed by atoms with Crippen molar-refractivity contribution in [3.63, 3.8) is 0 Å². The largest absolute Gasteiger partial charge is 0.494 e. The minimum atomic E-state index is -0.939. The quantitative estimate of drug-likeness (QED) is 0.0356. The second kappa shape index (κ2) is 19.3. The van der Waals surface area contributed by atoms with E-state index in [-0.39, 0.29) is 28.6 Å². The maximum Gasteiger partial charge on any atom is 0.378 e. The lowest BCUT2D eigenvalue weighted by Gasteiger charge is -2.12. The van der Waals surface area contributed by atoms with Crippen molar-refractivity contribution in [2.24, 2.45) is 0 Å². The van der Waals surface area contributed by atoms with E-state index in [0.717, 1.165) is 50.0 Å². The van der Waals surface area contributed by atoms with Gasteiger partial charge in [0.05, 0.1) is 24.3 Å². The molecule has 3 aromatic carbocycles. The third-order valence-electron chi connectivity index (χ3n) is 6.31. The van der Waals surface area contributed by atoms with Crippen molar-refractivity contribution in [3.05, 3.63) is 115 Å². The van der Waals surface area contributed by atoms with Crippen LogP contribution in [0.3, 0.4) is 0 Å². The molecular formula is C36H34O13. The summed E-state index contributed by atoms with van der Waals surface area (Å²) in [5.41, 5.74) is 0.740. The van der Waals surface area contributed by atoms with Gasteiger partial charge in [-0.15, -0.1) is 0 Å². The minimum absolute atomic E-state index is 0.0434. The standard InChI is InChI=1S/C36H34O13/c1-5-32(37)43-21-11-9-8-10-20-42-27-15-12-25(13-16-27)35(40)44-28-17-19-29(24(4)22-28)45-36(41)26-14-18-30(46-48-33(38)6-2)31(23-26)47-49-34(39)7-3/h5-7,12-19,22-23H,1-3,8-11,20-21H2,4H3. The zero-order valence-electron chi connectivity index (χ0n) is 26.7. The van der Waals surface area contributed by atoms with Crippen molar-refractivity contribution in [2.75, 3.05) is 13.2 Å². The van der Waals surface area contributed by atoms with Gasteiger partial charge in [-0.25, -0.2) is 33.7 Å². The molecule has 0 aliphatic rings. The molecule has 0 N–H and O–H groups in total. The number of hydrogen-bond donors (Lipinski definition) is 0. The van der Waals surface area contributed by atoms with Gasteiger partial charge in [0.2, 0.25) is 11.5 Å². The van der Waals surface area contributed by atoms with Crippen LogP contribution in [0.2, 0.25) is 0 Å². The summed E-state index contributed by atoms with van der Waals surface area (Å²) in [4.78, 5) is 78.3. The van der Waals surface area contributed by atoms with Crippen LogP contribution in [0.1, 0.15) is 52.0 Å². The highest BCUT2D eigenvalue weighted by Crippen LogP contribution is 2.31. The van der Waals surface area contributed by atoms with Gasteiger partial charge in [0.25, 0.3) is 0 Å². The molecule has 0 bridgehead atoms. The highest BCUT2D eigenvalue weighted by Gasteiger charge is 2.19. The summed E-state index contributed by atoms with van der Waals surface area (Å²) >= 11 is 0. The summed E-state index contributed by atoms with van der Waals surface area (Å²) in [5.74, 6) is -3.20. The first kappa shape index (κ1) is 37.1. The van der Waals surface area contributed by atoms with Crippen LogP contribution in [0.5, 0.6) is 28.7 Å². The Labute approximate surface area is 282 Å². The van der Waals surface area contributed by atoms with E-state index in [1.54, 1.807) is 31.2 Å². The average molecular weight is 675 g/mol. The summed E-state index contributed by atoms with van der Waals surface area (Å²) in [6.45, 7) is 12.4. The third kappa shape index (κ3) is 12.4. The van der Waals surface area contributed by atoms with E-state index >= 15 is 0 Å². The molecule has 3 aromatic rings. The Hall–Kier alpha value is -6.37. The van der Waals surface area contributed by atoms with E-state index in [2.05, 4.69) is 29.5 Å². The minimum Gasteiger partial charge on any atom is -0.494 e. The summed E-state index contributed by atoms with van der Waals surface area (Å²) in [6.07, 6.45) is 6.24. The molecule has 49 heavy (non-hydrogen) atoms. The molecular weight excluding hydrogens is 640 g/mol. The number of hydrogen-bond acceptors (Lipinski definition) is 13. The number of unbranched alkanes of at least 4 members (excludes halogenated alkanes) is 3. The van der Waals surface area contributed by atoms with E-state index < -0.39 is 29.8 Å². The molecule has 0 atom stereocenters. The van der Waals surface area contributed by atoms with Crippen molar-refractivity contribution in [3.8, 4) is 28.7 Å². The van der Waals surface area contributed by atoms with E-state index in [9.17, 15) is 24.0 Å². The second-order valence-electron chi connectivity index (χ2n) is 9.91. The number of aryl methyl sites for hydroxylation is 1. The zero-order valence-corrected chi connectivity index (χ0v) is 26.7. The maximum absolute atomic E-state index is 12.9. The molecule has 0 amide bonds. The van der Waals surface area contributed by atoms with Gasteiger partial charge in [0.1, 0.15) is 17.2 Å². The van der Waals surface area contributed by atoms with Crippen molar-refractivity contribution in [1.82, 2.24) is 0 Å². The fraction of sp³-hybridized carbons (Fsp3) is 0.194. The monoisotopic (exact) mass is 674 g/mol. The zero-order chi connectivity index (χ0) is 35.6. The van der Waals surface area contributed by atoms with E-state index in [4.69, 9.17) is 28.7 Å². The lowest BCUT2D eigenvalue weighted by molar-refractivity contribution is -0.220. The molecule has 0 heterocycles. The van der Waals surface area contributed by atoms with Crippen LogP contribution in [-0.4, -0.2) is 43.1 Å². The normalized spacial score (nSPS) is 10.1. The molecule has 0 aromatic heterocycles. The van der Waals surface area contributed by atoms with Gasteiger partial charge in [-0.3, -0.25) is 9.78 Å². The molecule has 256 valence electrons. The Morgan fingerprint density at radius 3 is 1.76 bits per heavy atom. The summed E-state index contributed by atoms with van der Waals surface area (Å²) in [7, 11) is 0. The first-order valence-corrected chi connectivity index (χ1v) is 14.9. The van der Waals surface area contributed by atoms with Crippen molar-refractivity contribution in [2.45, 2.75) is 32.6 Å². The molecule has 0 spiro atoms. The fourth-order valence-electron chi connectivity index (χ4n) is 3.80. The van der Waals surface area contributed by atoms with Gasteiger partial charge in [-0.1, -0.05) is 19.7 Å². The second-order valence-corrected chi connectivity index (χ2v) is 9.91. The molecule has 0 saturated heterocycles. The molecule has 3 rings (SSSR count). The van der Waals surface area contributed by atoms with Crippen LogP contribution in [0.4, 0.5) is 0 Å². The van der Waals surface area contributed by atoms with Gasteiger partial charge >= 0.3 is 29.8 Å². The van der Waals surface area contributed by atoms with Gasteiger partial charge in [-0.05, 0) is 92.8 Å². The summed E-state index contributed by atoms with van der Waals surface area (Å²) in [6, 6.07) is 14.6. The van der Waals surface area contributed by atoms with Crippen LogP contribution < -0.4 is 24.0 Å². The van der Waals surface area contributed by atoms with E-state index in [0.29, 0.717) is 30.1 Å². The highest BCUT2D eigenvalue weighted by molar-refractivity contribution is 5.92. The van der Waals surface area contributed by atoms with Crippen LogP contribution in [-0.2, 0) is 28.9 Å². The number of carbonyl (C=O) groups is 5. The Morgan fingerprint density at radius 1 is 0.571 bits per heavy atom. The molecule has 0 radical (unpaired) electrons. The lowest BCUT2D eigenvalue weighted by atomic mass is 10.2. The van der Waals surface area contributed by atoms with E-state index in [1.807, 2.05) is 0 Å². The van der Waals surface area contributed by atoms with Gasteiger partial charge < -0.3 is 18.9 Å². The Kier molecular flexibility index (Phi) is 14.6. The van der Waals surface area contributed by atoms with Crippen LogP contribution >= 0.6 is 0 Å². The molecule has 13 nitrogen and oxygen atoms in total. The SMILES string of the molecule is C=CC(=O)OCCCCCCOc1ccc(C(=O)Oc2ccc(OC(=O)c3ccc(OOC(=O)C=C)c(OOC(=O)C=C)c3)c(C)c2)cc1. The average Bonchev–Trinajstić information content (AvgIpc) is 3.11. The van der Waals surface area contributed by atoms with Gasteiger partial charge in [-0.2, -0.15) is 0 Å².